The number of rotatable bonds is 6. The minimum Gasteiger partial charge on any atom is -0.508 e. The Balaban J connectivity index is 2.77. The van der Waals surface area contributed by atoms with E-state index in [-0.39, 0.29) is 12.4 Å². The molecule has 1 aromatic carbocycles. The molecule has 0 bridgehead atoms. The molecule has 0 fully saturated rings. The lowest BCUT2D eigenvalue weighted by molar-refractivity contribution is -0.138. The molecule has 0 aromatic heterocycles. The normalized spacial score (nSPS) is 10.4. The lowest BCUT2D eigenvalue weighted by Crippen LogP contribution is -2.08. The zero-order valence-electron chi connectivity index (χ0n) is 11.1. The number of hydrogen-bond donors (Lipinski definition) is 2. The van der Waals surface area contributed by atoms with Crippen molar-refractivity contribution in [1.29, 1.82) is 0 Å². The van der Waals surface area contributed by atoms with E-state index in [0.29, 0.717) is 23.1 Å². The molecule has 1 rings (SSSR count). The van der Waals surface area contributed by atoms with Crippen LogP contribution in [0.3, 0.4) is 0 Å². The van der Waals surface area contributed by atoms with Gasteiger partial charge in [-0.05, 0) is 36.3 Å². The first-order valence-electron chi connectivity index (χ1n) is 5.95. The van der Waals surface area contributed by atoms with E-state index in [0.717, 1.165) is 6.08 Å². The molecule has 5 nitrogen and oxygen atoms in total. The van der Waals surface area contributed by atoms with Crippen molar-refractivity contribution in [3.05, 3.63) is 47.6 Å². The van der Waals surface area contributed by atoms with Gasteiger partial charge in [0.05, 0.1) is 6.61 Å². The van der Waals surface area contributed by atoms with Gasteiger partial charge in [-0.1, -0.05) is 12.6 Å². The summed E-state index contributed by atoms with van der Waals surface area (Å²) in [6, 6.07) is 4.58. The van der Waals surface area contributed by atoms with Gasteiger partial charge >= 0.3 is 11.9 Å². The predicted molar refractivity (Wildman–Crippen MR) is 74.3 cm³/mol. The molecule has 0 saturated carbocycles. The zero-order chi connectivity index (χ0) is 15.1. The molecule has 0 heterocycles. The second-order valence-corrected chi connectivity index (χ2v) is 4.22. The van der Waals surface area contributed by atoms with Crippen LogP contribution in [0, 0.1) is 0 Å². The molecule has 0 amide bonds. The summed E-state index contributed by atoms with van der Waals surface area (Å²) in [6.07, 6.45) is 2.81. The summed E-state index contributed by atoms with van der Waals surface area (Å²) >= 11 is 0. The van der Waals surface area contributed by atoms with E-state index in [9.17, 15) is 14.7 Å². The molecule has 0 unspecified atom stereocenters. The molecule has 5 heteroatoms. The molecule has 106 valence electrons. The number of phenols is 1. The van der Waals surface area contributed by atoms with E-state index in [1.807, 2.05) is 0 Å². The number of aliphatic carboxylic acids is 1. The van der Waals surface area contributed by atoms with E-state index < -0.39 is 11.9 Å². The van der Waals surface area contributed by atoms with Gasteiger partial charge < -0.3 is 14.9 Å². The van der Waals surface area contributed by atoms with Gasteiger partial charge in [0.2, 0.25) is 0 Å². The molecule has 20 heavy (non-hydrogen) atoms. The molecule has 2 N–H and O–H groups in total. The standard InChI is InChI=1S/C15H16O5/c1-10(2)15(19)20-8-7-12-9-13(16)5-3-11(12)4-6-14(17)18/h3-6,9,16H,1,7-8H2,2H3,(H,17,18). The third-order valence-electron chi connectivity index (χ3n) is 2.49. The minimum absolute atomic E-state index is 0.0682. The molecule has 0 spiro atoms. The van der Waals surface area contributed by atoms with Crippen molar-refractivity contribution >= 4 is 18.0 Å². The smallest absolute Gasteiger partial charge is 0.333 e. The lowest BCUT2D eigenvalue weighted by Gasteiger charge is -2.08. The Morgan fingerprint density at radius 3 is 2.70 bits per heavy atom. The highest BCUT2D eigenvalue weighted by atomic mass is 16.5. The van der Waals surface area contributed by atoms with E-state index in [1.165, 1.54) is 18.2 Å². The Hall–Kier alpha value is -2.56. The number of benzene rings is 1. The maximum absolute atomic E-state index is 11.2. The Kier molecular flexibility index (Phi) is 5.53. The van der Waals surface area contributed by atoms with Gasteiger partial charge in [0, 0.05) is 18.1 Å². The fraction of sp³-hybridized carbons (Fsp3) is 0.200. The maximum Gasteiger partial charge on any atom is 0.333 e. The Morgan fingerprint density at radius 2 is 2.10 bits per heavy atom. The number of carboxylic acid groups (broad SMARTS) is 1. The van der Waals surface area contributed by atoms with Gasteiger partial charge in [-0.3, -0.25) is 0 Å². The number of phenolic OH excluding ortho intramolecular Hbond substituents is 1. The lowest BCUT2D eigenvalue weighted by atomic mass is 10.0. The number of aromatic hydroxyl groups is 1. The van der Waals surface area contributed by atoms with E-state index in [2.05, 4.69) is 6.58 Å². The first kappa shape index (κ1) is 15.5. The zero-order valence-corrected chi connectivity index (χ0v) is 11.1. The van der Waals surface area contributed by atoms with Crippen molar-refractivity contribution in [2.75, 3.05) is 6.61 Å². The summed E-state index contributed by atoms with van der Waals surface area (Å²) in [7, 11) is 0. The predicted octanol–water partition coefficient (Wildman–Crippen LogP) is 2.15. The minimum atomic E-state index is -1.06. The molecule has 0 radical (unpaired) electrons. The number of carbonyl (C=O) groups excluding carboxylic acids is 1. The van der Waals surface area contributed by atoms with Crippen LogP contribution < -0.4 is 0 Å². The van der Waals surface area contributed by atoms with Gasteiger partial charge in [-0.2, -0.15) is 0 Å². The summed E-state index contributed by atoms with van der Waals surface area (Å²) in [5.74, 6) is -1.47. The third kappa shape index (κ3) is 4.97. The van der Waals surface area contributed by atoms with Crippen molar-refractivity contribution in [1.82, 2.24) is 0 Å². The number of esters is 1. The Morgan fingerprint density at radius 1 is 1.40 bits per heavy atom. The van der Waals surface area contributed by atoms with Crippen molar-refractivity contribution in [3.8, 4) is 5.75 Å². The van der Waals surface area contributed by atoms with E-state index >= 15 is 0 Å². The van der Waals surface area contributed by atoms with Crippen molar-refractivity contribution < 1.29 is 24.5 Å². The largest absolute Gasteiger partial charge is 0.508 e. The van der Waals surface area contributed by atoms with E-state index in [4.69, 9.17) is 9.84 Å². The van der Waals surface area contributed by atoms with Crippen molar-refractivity contribution in [3.63, 3.8) is 0 Å². The Labute approximate surface area is 116 Å². The molecule has 0 saturated heterocycles. The third-order valence-corrected chi connectivity index (χ3v) is 2.49. The topological polar surface area (TPSA) is 83.8 Å². The van der Waals surface area contributed by atoms with Crippen LogP contribution in [0.1, 0.15) is 18.1 Å². The van der Waals surface area contributed by atoms with E-state index in [1.54, 1.807) is 13.0 Å². The highest BCUT2D eigenvalue weighted by molar-refractivity contribution is 5.87. The fourth-order valence-corrected chi connectivity index (χ4v) is 1.51. The number of carboxylic acids is 1. The van der Waals surface area contributed by atoms with Crippen LogP contribution in [0.15, 0.2) is 36.4 Å². The summed E-state index contributed by atoms with van der Waals surface area (Å²) in [4.78, 5) is 21.8. The summed E-state index contributed by atoms with van der Waals surface area (Å²) in [6.45, 7) is 5.15. The molecule has 1 aromatic rings. The van der Waals surface area contributed by atoms with Crippen LogP contribution >= 0.6 is 0 Å². The highest BCUT2D eigenvalue weighted by Gasteiger charge is 2.06. The average Bonchev–Trinajstić information content (AvgIpc) is 2.37. The van der Waals surface area contributed by atoms with Crippen LogP contribution in [0.4, 0.5) is 0 Å². The van der Waals surface area contributed by atoms with Gasteiger partial charge in [0.1, 0.15) is 5.75 Å². The highest BCUT2D eigenvalue weighted by Crippen LogP contribution is 2.18. The van der Waals surface area contributed by atoms with Crippen LogP contribution in [0.25, 0.3) is 6.08 Å². The second-order valence-electron chi connectivity index (χ2n) is 4.22. The van der Waals surface area contributed by atoms with Gasteiger partial charge in [0.25, 0.3) is 0 Å². The summed E-state index contributed by atoms with van der Waals surface area (Å²) < 4.78 is 4.97. The molecular formula is C15H16O5. The van der Waals surface area contributed by atoms with Crippen molar-refractivity contribution in [2.45, 2.75) is 13.3 Å². The quantitative estimate of drug-likeness (QED) is 0.614. The van der Waals surface area contributed by atoms with Gasteiger partial charge in [-0.25, -0.2) is 9.59 Å². The molecular weight excluding hydrogens is 260 g/mol. The number of carbonyl (C=O) groups is 2. The van der Waals surface area contributed by atoms with Gasteiger partial charge in [0.15, 0.2) is 0 Å². The monoisotopic (exact) mass is 276 g/mol. The van der Waals surface area contributed by atoms with Crippen LogP contribution in [0.2, 0.25) is 0 Å². The molecule has 0 aliphatic heterocycles. The van der Waals surface area contributed by atoms with Crippen LogP contribution in [0.5, 0.6) is 5.75 Å². The average molecular weight is 276 g/mol. The number of hydrogen-bond acceptors (Lipinski definition) is 4. The maximum atomic E-state index is 11.2. The van der Waals surface area contributed by atoms with Gasteiger partial charge in [-0.15, -0.1) is 0 Å². The second kappa shape index (κ2) is 7.13. The Bertz CT molecular complexity index is 557. The van der Waals surface area contributed by atoms with Crippen LogP contribution in [-0.2, 0) is 20.7 Å². The summed E-state index contributed by atoms with van der Waals surface area (Å²) in [5.41, 5.74) is 1.65. The molecule has 0 aliphatic rings. The molecule has 0 atom stereocenters. The van der Waals surface area contributed by atoms with Crippen molar-refractivity contribution in [2.24, 2.45) is 0 Å². The van der Waals surface area contributed by atoms with Crippen LogP contribution in [-0.4, -0.2) is 28.8 Å². The first-order chi connectivity index (χ1) is 9.40. The first-order valence-corrected chi connectivity index (χ1v) is 5.95. The summed E-state index contributed by atoms with van der Waals surface area (Å²) in [5, 5.41) is 18.1. The SMILES string of the molecule is C=C(C)C(=O)OCCc1cc(O)ccc1C=CC(=O)O. The fourth-order valence-electron chi connectivity index (χ4n) is 1.51. The number of ether oxygens (including phenoxy) is 1. The molecule has 0 aliphatic carbocycles.